The summed E-state index contributed by atoms with van der Waals surface area (Å²) in [6, 6.07) is 10.3. The van der Waals surface area contributed by atoms with Gasteiger partial charge < -0.3 is 4.98 Å². The van der Waals surface area contributed by atoms with Crippen molar-refractivity contribution in [1.29, 1.82) is 0 Å². The van der Waals surface area contributed by atoms with Crippen molar-refractivity contribution in [3.05, 3.63) is 78.7 Å². The molecular formula is C24H22FN3OS. The van der Waals surface area contributed by atoms with E-state index in [2.05, 4.69) is 28.2 Å². The monoisotopic (exact) mass is 419 g/mol. The Kier molecular flexibility index (Phi) is 4.74. The van der Waals surface area contributed by atoms with E-state index in [4.69, 9.17) is 4.98 Å². The highest BCUT2D eigenvalue weighted by Crippen LogP contribution is 2.52. The van der Waals surface area contributed by atoms with Gasteiger partial charge in [0.2, 0.25) is 0 Å². The normalized spacial score (nSPS) is 26.6. The minimum Gasteiger partial charge on any atom is -0.338 e. The lowest BCUT2D eigenvalue weighted by molar-refractivity contribution is 0.628. The molecule has 2 heterocycles. The molecule has 0 spiro atoms. The summed E-state index contributed by atoms with van der Waals surface area (Å²) in [5, 5.41) is 0. The molecule has 152 valence electrons. The maximum Gasteiger partial charge on any atom is 0.134 e. The first-order chi connectivity index (χ1) is 14.6. The van der Waals surface area contributed by atoms with Crippen molar-refractivity contribution in [2.24, 2.45) is 5.92 Å². The van der Waals surface area contributed by atoms with Gasteiger partial charge in [0.25, 0.3) is 0 Å². The maximum absolute atomic E-state index is 13.5. The van der Waals surface area contributed by atoms with Crippen LogP contribution < -0.4 is 0 Å². The summed E-state index contributed by atoms with van der Waals surface area (Å²) in [4.78, 5) is 12.6. The van der Waals surface area contributed by atoms with Gasteiger partial charge in [0.15, 0.2) is 0 Å². The molecule has 3 unspecified atom stereocenters. The van der Waals surface area contributed by atoms with Crippen molar-refractivity contribution in [1.82, 2.24) is 15.0 Å². The van der Waals surface area contributed by atoms with E-state index in [-0.39, 0.29) is 16.5 Å². The van der Waals surface area contributed by atoms with Crippen LogP contribution in [0.2, 0.25) is 0 Å². The average molecular weight is 420 g/mol. The number of benzene rings is 1. The largest absolute Gasteiger partial charge is 0.338 e. The quantitative estimate of drug-likeness (QED) is 0.595. The number of fused-ring (bicyclic) bond motifs is 1. The Bertz CT molecular complexity index is 1170. The molecule has 2 aliphatic rings. The highest BCUT2D eigenvalue weighted by Gasteiger charge is 2.54. The number of H-pyrrole nitrogens is 1. The van der Waals surface area contributed by atoms with Gasteiger partial charge in [0, 0.05) is 40.6 Å². The van der Waals surface area contributed by atoms with Crippen molar-refractivity contribution in [2.45, 2.75) is 24.0 Å². The molecule has 30 heavy (non-hydrogen) atoms. The first kappa shape index (κ1) is 19.1. The van der Waals surface area contributed by atoms with Crippen LogP contribution in [0.15, 0.2) is 67.0 Å². The third-order valence-electron chi connectivity index (χ3n) is 6.02. The number of hydrogen-bond donors (Lipinski definition) is 1. The second-order valence-corrected chi connectivity index (χ2v) is 9.57. The summed E-state index contributed by atoms with van der Waals surface area (Å²) in [5.74, 6) is 0.824. The molecule has 0 amide bonds. The minimum atomic E-state index is -0.899. The van der Waals surface area contributed by atoms with E-state index in [1.54, 1.807) is 30.8 Å². The van der Waals surface area contributed by atoms with Crippen LogP contribution in [-0.2, 0) is 10.8 Å². The van der Waals surface area contributed by atoms with Crippen LogP contribution in [0.1, 0.15) is 25.1 Å². The van der Waals surface area contributed by atoms with Crippen LogP contribution in [0, 0.1) is 11.7 Å². The second kappa shape index (κ2) is 7.43. The van der Waals surface area contributed by atoms with E-state index in [1.807, 2.05) is 12.1 Å². The summed E-state index contributed by atoms with van der Waals surface area (Å²) >= 11 is 0. The zero-order chi connectivity index (χ0) is 20.7. The van der Waals surface area contributed by atoms with E-state index in [0.29, 0.717) is 0 Å². The molecular weight excluding hydrogens is 397 g/mol. The van der Waals surface area contributed by atoms with Crippen LogP contribution >= 0.6 is 0 Å². The van der Waals surface area contributed by atoms with Crippen molar-refractivity contribution in [2.75, 3.05) is 6.26 Å². The standard InChI is InChI=1S/C24H22FN3OS/c1-30(29)24-11-3-2-4-18(14-19(24)15-24)23-27-21(16-5-7-20(25)8-6-16)22(28-23)17-9-12-26-13-10-17/h3,5-14,19H,2,4,15H2,1H3,(H,27,28)/b11-3-,18-14+. The van der Waals surface area contributed by atoms with E-state index in [1.165, 1.54) is 12.1 Å². The van der Waals surface area contributed by atoms with Gasteiger partial charge in [-0.05, 0) is 67.2 Å². The molecule has 0 aliphatic heterocycles. The molecule has 4 nitrogen and oxygen atoms in total. The zero-order valence-electron chi connectivity index (χ0n) is 16.6. The highest BCUT2D eigenvalue weighted by molar-refractivity contribution is 7.86. The topological polar surface area (TPSA) is 58.6 Å². The number of halogens is 1. The summed E-state index contributed by atoms with van der Waals surface area (Å²) in [6.45, 7) is 0. The number of imidazole rings is 1. The Morgan fingerprint density at radius 3 is 2.63 bits per heavy atom. The third kappa shape index (κ3) is 3.35. The first-order valence-corrected chi connectivity index (χ1v) is 11.6. The summed E-state index contributed by atoms with van der Waals surface area (Å²) in [6.07, 6.45) is 14.5. The predicted octanol–water partition coefficient (Wildman–Crippen LogP) is 5.15. The van der Waals surface area contributed by atoms with E-state index in [0.717, 1.165) is 53.2 Å². The number of nitrogens with zero attached hydrogens (tertiary/aromatic N) is 2. The molecule has 1 fully saturated rings. The van der Waals surface area contributed by atoms with Crippen LogP contribution in [0.4, 0.5) is 4.39 Å². The SMILES string of the molecule is CS(=O)C12/C=C\CC/C(c3nc(-c4ccc(F)cc4)c(-c4ccncc4)[nH]3)=C\C1C2. The van der Waals surface area contributed by atoms with Crippen LogP contribution in [0.5, 0.6) is 0 Å². The van der Waals surface area contributed by atoms with E-state index >= 15 is 0 Å². The van der Waals surface area contributed by atoms with E-state index < -0.39 is 10.8 Å². The lowest BCUT2D eigenvalue weighted by Crippen LogP contribution is -2.15. The predicted molar refractivity (Wildman–Crippen MR) is 118 cm³/mol. The van der Waals surface area contributed by atoms with Crippen molar-refractivity contribution in [3.63, 3.8) is 0 Å². The molecule has 5 rings (SSSR count). The number of nitrogens with one attached hydrogen (secondary N) is 1. The van der Waals surface area contributed by atoms with Crippen LogP contribution in [0.3, 0.4) is 0 Å². The summed E-state index contributed by atoms with van der Waals surface area (Å²) < 4.78 is 25.6. The number of hydrogen-bond acceptors (Lipinski definition) is 3. The Labute approximate surface area is 177 Å². The number of rotatable bonds is 4. The average Bonchev–Trinajstić information content (AvgIpc) is 3.24. The molecule has 0 radical (unpaired) electrons. The molecule has 2 aromatic heterocycles. The van der Waals surface area contributed by atoms with Gasteiger partial charge in [-0.25, -0.2) is 9.37 Å². The van der Waals surface area contributed by atoms with Gasteiger partial charge in [-0.2, -0.15) is 0 Å². The summed E-state index contributed by atoms with van der Waals surface area (Å²) in [5.41, 5.74) is 4.65. The van der Waals surface area contributed by atoms with Gasteiger partial charge >= 0.3 is 0 Å². The zero-order valence-corrected chi connectivity index (χ0v) is 17.5. The van der Waals surface area contributed by atoms with Crippen molar-refractivity contribution in [3.8, 4) is 22.5 Å². The minimum absolute atomic E-state index is 0.216. The summed E-state index contributed by atoms with van der Waals surface area (Å²) in [7, 11) is -0.899. The third-order valence-corrected chi connectivity index (χ3v) is 7.69. The number of aromatic nitrogens is 3. The lowest BCUT2D eigenvalue weighted by atomic mass is 10.0. The van der Waals surface area contributed by atoms with E-state index in [9.17, 15) is 8.60 Å². The molecule has 1 aromatic carbocycles. The van der Waals surface area contributed by atoms with Crippen LogP contribution in [-0.4, -0.2) is 30.2 Å². The molecule has 6 heteroatoms. The first-order valence-electron chi connectivity index (χ1n) is 10.1. The number of pyridine rings is 1. The fourth-order valence-electron chi connectivity index (χ4n) is 4.22. The molecule has 1 saturated carbocycles. The molecule has 3 atom stereocenters. The molecule has 3 aromatic rings. The van der Waals surface area contributed by atoms with Gasteiger partial charge in [-0.1, -0.05) is 18.2 Å². The maximum atomic E-state index is 13.5. The highest BCUT2D eigenvalue weighted by atomic mass is 32.2. The Morgan fingerprint density at radius 1 is 1.13 bits per heavy atom. The molecule has 0 bridgehead atoms. The Morgan fingerprint density at radius 2 is 1.90 bits per heavy atom. The smallest absolute Gasteiger partial charge is 0.134 e. The fraction of sp³-hybridized carbons (Fsp3) is 0.250. The molecule has 0 saturated heterocycles. The molecule has 2 aliphatic carbocycles. The van der Waals surface area contributed by atoms with Gasteiger partial charge in [0.1, 0.15) is 11.6 Å². The Hall–Kier alpha value is -2.86. The van der Waals surface area contributed by atoms with Gasteiger partial charge in [-0.15, -0.1) is 0 Å². The number of allylic oxidation sites excluding steroid dienone is 3. The lowest BCUT2D eigenvalue weighted by Gasteiger charge is -2.12. The van der Waals surface area contributed by atoms with Crippen LogP contribution in [0.25, 0.3) is 28.1 Å². The second-order valence-electron chi connectivity index (χ2n) is 7.90. The fourth-order valence-corrected chi connectivity index (χ4v) is 5.41. The van der Waals surface area contributed by atoms with Crippen molar-refractivity contribution >= 4 is 16.4 Å². The van der Waals surface area contributed by atoms with Gasteiger partial charge in [0.05, 0.1) is 16.1 Å². The van der Waals surface area contributed by atoms with Crippen molar-refractivity contribution < 1.29 is 8.60 Å². The Balaban J connectivity index is 1.60. The number of aromatic amines is 1. The molecule has 1 N–H and O–H groups in total. The van der Waals surface area contributed by atoms with Gasteiger partial charge in [-0.3, -0.25) is 9.19 Å².